The van der Waals surface area contributed by atoms with Gasteiger partial charge in [0.15, 0.2) is 0 Å². The molecule has 0 unspecified atom stereocenters. The van der Waals surface area contributed by atoms with Crippen LogP contribution >= 0.6 is 0 Å². The Morgan fingerprint density at radius 1 is 0.290 bits per heavy atom. The maximum Gasteiger partial charge on any atom is 0.673 e. The van der Waals surface area contributed by atoms with E-state index in [0.717, 1.165) is 67.5 Å². The van der Waals surface area contributed by atoms with Crippen LogP contribution in [0.2, 0.25) is 0 Å². The van der Waals surface area contributed by atoms with E-state index in [1.54, 1.807) is 0 Å². The number of nitrogens with zero attached hydrogens (tertiary/aromatic N) is 2. The van der Waals surface area contributed by atoms with E-state index in [2.05, 4.69) is 159 Å². The van der Waals surface area contributed by atoms with Gasteiger partial charge in [-0.05, 0) is 112 Å². The quantitative estimate of drug-likeness (QED) is 0.0950. The van der Waals surface area contributed by atoms with E-state index in [9.17, 15) is 34.5 Å². The van der Waals surface area contributed by atoms with Crippen molar-refractivity contribution in [2.45, 2.75) is 27.7 Å². The molecule has 0 atom stereocenters. The molecule has 62 heavy (non-hydrogen) atoms. The predicted molar refractivity (Wildman–Crippen MR) is 234 cm³/mol. The number of pyridine rings is 2. The topological polar surface area (TPSA) is 48.4 Å². The van der Waals surface area contributed by atoms with Crippen LogP contribution in [-0.4, -0.2) is 24.5 Å². The summed E-state index contributed by atoms with van der Waals surface area (Å²) in [6.45, 7) is 8.36. The molecule has 8 rings (SSSR count). The lowest BCUT2D eigenvalue weighted by Gasteiger charge is -2.02. The third-order valence-electron chi connectivity index (χ3n) is 8.96. The molecule has 4 nitrogen and oxygen atoms in total. The van der Waals surface area contributed by atoms with Gasteiger partial charge in [0.25, 0.3) is 0 Å². The van der Waals surface area contributed by atoms with Crippen LogP contribution in [0.1, 0.15) is 22.3 Å². The lowest BCUT2D eigenvalue weighted by atomic mass is 10.0. The summed E-state index contributed by atoms with van der Waals surface area (Å²) in [6.07, 6.45) is 7.26. The van der Waals surface area contributed by atoms with E-state index in [1.807, 2.05) is 49.1 Å². The summed E-state index contributed by atoms with van der Waals surface area (Å²) in [5, 5.41) is 0. The Balaban J connectivity index is 0.000000193. The van der Waals surface area contributed by atoms with Gasteiger partial charge in [0.1, 0.15) is 0 Å². The predicted octanol–water partition coefficient (Wildman–Crippen LogP) is 15.7. The van der Waals surface area contributed by atoms with Crippen LogP contribution in [0, 0.1) is 27.7 Å². The van der Waals surface area contributed by atoms with Gasteiger partial charge in [0, 0.05) is 35.9 Å². The monoisotopic (exact) mass is 850 g/mol. The van der Waals surface area contributed by atoms with Crippen LogP contribution in [0.3, 0.4) is 0 Å². The maximum absolute atomic E-state index is 9.75. The SMILES string of the molecule is Cc1ccc(-c2cc(-c3ccncc3)cc(-c3ccc(C)cc3)[o+]2)cc1.Cc1ccc(-c2cc(-c3ccncc3)cc(-c3ccc(C)cc3)[o+]2)cc1.F[B-](F)(F)F.F[B-](F)(F)F. The molecule has 0 bridgehead atoms. The first-order valence-corrected chi connectivity index (χ1v) is 19.2. The van der Waals surface area contributed by atoms with Crippen molar-refractivity contribution in [1.82, 2.24) is 9.97 Å². The van der Waals surface area contributed by atoms with Crippen LogP contribution in [0.25, 0.3) is 67.5 Å². The minimum atomic E-state index is -6.00. The van der Waals surface area contributed by atoms with Crippen molar-refractivity contribution in [3.05, 3.63) is 193 Å². The molecule has 4 aromatic heterocycles. The number of benzene rings is 4. The van der Waals surface area contributed by atoms with Crippen LogP contribution in [0.15, 0.2) is 179 Å². The van der Waals surface area contributed by atoms with Crippen molar-refractivity contribution in [2.75, 3.05) is 0 Å². The fourth-order valence-electron chi connectivity index (χ4n) is 5.87. The van der Waals surface area contributed by atoms with Gasteiger partial charge in [-0.15, -0.1) is 0 Å². The molecule has 0 fully saturated rings. The second kappa shape index (κ2) is 21.0. The molecule has 0 spiro atoms. The van der Waals surface area contributed by atoms with Gasteiger partial charge in [-0.25, -0.2) is 8.83 Å². The zero-order valence-corrected chi connectivity index (χ0v) is 34.1. The lowest BCUT2D eigenvalue weighted by Crippen LogP contribution is -2.02. The molecule has 4 aromatic carbocycles. The van der Waals surface area contributed by atoms with Crippen molar-refractivity contribution in [1.29, 1.82) is 0 Å². The third kappa shape index (κ3) is 15.3. The van der Waals surface area contributed by atoms with Crippen molar-refractivity contribution < 1.29 is 43.4 Å². The highest BCUT2D eigenvalue weighted by Gasteiger charge is 2.23. The highest BCUT2D eigenvalue weighted by Crippen LogP contribution is 2.34. The summed E-state index contributed by atoms with van der Waals surface area (Å²) in [6, 6.07) is 50.1. The standard InChI is InChI=1S/2C24H20NO.2BF4/c2*1-17-3-7-20(8-4-17)23-15-22(19-11-13-25-14-12-19)16-24(26-23)21-9-5-18(2)6-10-21;2*2-1(3,4)5/h2*3-16H,1-2H3;;/q2*+1;2*-1. The van der Waals surface area contributed by atoms with Gasteiger partial charge in [-0.2, -0.15) is 0 Å². The van der Waals surface area contributed by atoms with E-state index in [0.29, 0.717) is 0 Å². The third-order valence-corrected chi connectivity index (χ3v) is 8.96. The Hall–Kier alpha value is -6.95. The maximum atomic E-state index is 9.75. The molecule has 0 N–H and O–H groups in total. The minimum absolute atomic E-state index is 0.856. The average Bonchev–Trinajstić information content (AvgIpc) is 3.24. The molecule has 0 aliphatic rings. The van der Waals surface area contributed by atoms with E-state index in [4.69, 9.17) is 8.83 Å². The molecular formula is C48H40B2F8N2O2. The molecule has 316 valence electrons. The smallest absolute Gasteiger partial charge is 0.418 e. The highest BCUT2D eigenvalue weighted by atomic mass is 19.5. The van der Waals surface area contributed by atoms with Crippen LogP contribution in [0.4, 0.5) is 34.5 Å². The van der Waals surface area contributed by atoms with Crippen LogP contribution in [-0.2, 0) is 0 Å². The van der Waals surface area contributed by atoms with Gasteiger partial charge in [-0.3, -0.25) is 9.97 Å². The Bertz CT molecular complexity index is 2300. The zero-order chi connectivity index (χ0) is 44.9. The summed E-state index contributed by atoms with van der Waals surface area (Å²) >= 11 is 0. The molecule has 0 aliphatic heterocycles. The number of halogens is 8. The number of aryl methyl sites for hydroxylation is 4. The van der Waals surface area contributed by atoms with Gasteiger partial charge < -0.3 is 34.5 Å². The summed E-state index contributed by atoms with van der Waals surface area (Å²) in [5.74, 6) is 3.43. The molecule has 0 aliphatic carbocycles. The first-order valence-electron chi connectivity index (χ1n) is 19.2. The normalized spacial score (nSPS) is 10.9. The number of hydrogen-bond donors (Lipinski definition) is 0. The van der Waals surface area contributed by atoms with E-state index < -0.39 is 14.5 Å². The average molecular weight is 850 g/mol. The molecular weight excluding hydrogens is 810 g/mol. The molecule has 8 aromatic rings. The lowest BCUT2D eigenvalue weighted by molar-refractivity contribution is 0.366. The highest BCUT2D eigenvalue weighted by molar-refractivity contribution is 6.50. The fraction of sp³-hybridized carbons (Fsp3) is 0.0833. The Morgan fingerprint density at radius 3 is 0.677 bits per heavy atom. The Morgan fingerprint density at radius 2 is 0.484 bits per heavy atom. The second-order valence-corrected chi connectivity index (χ2v) is 14.1. The molecule has 14 heteroatoms. The van der Waals surface area contributed by atoms with E-state index >= 15 is 0 Å². The minimum Gasteiger partial charge on any atom is -0.418 e. The summed E-state index contributed by atoms with van der Waals surface area (Å²) in [4.78, 5) is 8.26. The van der Waals surface area contributed by atoms with Crippen LogP contribution < -0.4 is 0 Å². The first-order chi connectivity index (χ1) is 29.4. The van der Waals surface area contributed by atoms with Gasteiger partial charge in [-0.1, -0.05) is 70.8 Å². The Kier molecular flexibility index (Phi) is 15.6. The van der Waals surface area contributed by atoms with Crippen molar-refractivity contribution in [3.8, 4) is 67.5 Å². The number of hydrogen-bond acceptors (Lipinski definition) is 2. The fourth-order valence-corrected chi connectivity index (χ4v) is 5.87. The first kappa shape index (κ1) is 46.1. The molecule has 0 saturated heterocycles. The second-order valence-electron chi connectivity index (χ2n) is 14.1. The summed E-state index contributed by atoms with van der Waals surface area (Å²) in [7, 11) is -12.0. The van der Waals surface area contributed by atoms with E-state index in [1.165, 1.54) is 22.3 Å². The van der Waals surface area contributed by atoms with Gasteiger partial charge in [0.05, 0.1) is 46.5 Å². The summed E-state index contributed by atoms with van der Waals surface area (Å²) < 4.78 is 90.6. The van der Waals surface area contributed by atoms with Crippen molar-refractivity contribution in [3.63, 3.8) is 0 Å². The molecule has 0 amide bonds. The van der Waals surface area contributed by atoms with Gasteiger partial charge >= 0.3 is 37.5 Å². The van der Waals surface area contributed by atoms with Crippen LogP contribution in [0.5, 0.6) is 0 Å². The number of aromatic nitrogens is 2. The van der Waals surface area contributed by atoms with E-state index in [-0.39, 0.29) is 0 Å². The van der Waals surface area contributed by atoms with Gasteiger partial charge in [0.2, 0.25) is 0 Å². The molecule has 0 saturated carbocycles. The number of rotatable bonds is 6. The Labute approximate surface area is 354 Å². The molecule has 4 heterocycles. The summed E-state index contributed by atoms with van der Waals surface area (Å²) in [5.41, 5.74) is 13.7. The molecule has 0 radical (unpaired) electrons. The van der Waals surface area contributed by atoms with Crippen molar-refractivity contribution >= 4 is 14.5 Å². The zero-order valence-electron chi connectivity index (χ0n) is 34.1. The van der Waals surface area contributed by atoms with Crippen molar-refractivity contribution in [2.24, 2.45) is 0 Å². The largest absolute Gasteiger partial charge is 0.673 e.